The summed E-state index contributed by atoms with van der Waals surface area (Å²) < 4.78 is 0. The summed E-state index contributed by atoms with van der Waals surface area (Å²) >= 11 is 0. The average molecular weight is 223 g/mol. The van der Waals surface area contributed by atoms with Gasteiger partial charge in [-0.15, -0.1) is 10.2 Å². The third kappa shape index (κ3) is 3.01. The van der Waals surface area contributed by atoms with Gasteiger partial charge in [0.05, 0.1) is 7.05 Å². The molecule has 0 aromatic carbocycles. The van der Waals surface area contributed by atoms with Crippen molar-refractivity contribution in [1.82, 2.24) is 25.5 Å². The van der Waals surface area contributed by atoms with Gasteiger partial charge in [0.25, 0.3) is 0 Å². The lowest BCUT2D eigenvalue weighted by molar-refractivity contribution is 0.283. The fourth-order valence-electron chi connectivity index (χ4n) is 1.77. The van der Waals surface area contributed by atoms with Gasteiger partial charge in [-0.2, -0.15) is 4.80 Å². The first-order valence-electron chi connectivity index (χ1n) is 6.07. The van der Waals surface area contributed by atoms with Crippen molar-refractivity contribution in [2.45, 2.75) is 45.6 Å². The first-order chi connectivity index (χ1) is 7.61. The van der Waals surface area contributed by atoms with Crippen LogP contribution in [-0.2, 0) is 13.5 Å². The summed E-state index contributed by atoms with van der Waals surface area (Å²) in [7, 11) is 1.81. The van der Waals surface area contributed by atoms with E-state index < -0.39 is 0 Å². The molecule has 5 heteroatoms. The van der Waals surface area contributed by atoms with Gasteiger partial charge >= 0.3 is 0 Å². The predicted molar refractivity (Wildman–Crippen MR) is 61.9 cm³/mol. The zero-order chi connectivity index (χ0) is 11.6. The van der Waals surface area contributed by atoms with E-state index in [1.807, 2.05) is 7.05 Å². The summed E-state index contributed by atoms with van der Waals surface area (Å²) in [5.41, 5.74) is 0.242. The molecular formula is C11H21N5. The van der Waals surface area contributed by atoms with Crippen molar-refractivity contribution >= 4 is 0 Å². The van der Waals surface area contributed by atoms with Crippen LogP contribution in [0.1, 0.15) is 38.9 Å². The molecule has 1 heterocycles. The zero-order valence-corrected chi connectivity index (χ0v) is 10.4. The molecule has 0 bridgehead atoms. The molecule has 0 aliphatic heterocycles. The summed E-state index contributed by atoms with van der Waals surface area (Å²) in [5, 5.41) is 15.8. The largest absolute Gasteiger partial charge is 0.313 e. The van der Waals surface area contributed by atoms with E-state index in [4.69, 9.17) is 0 Å². The SMILES string of the molecule is CCC(C)(CNC1CC1)Cc1nnn(C)n1. The van der Waals surface area contributed by atoms with Crippen LogP contribution in [0.5, 0.6) is 0 Å². The molecule has 0 spiro atoms. The molecular weight excluding hydrogens is 202 g/mol. The highest BCUT2D eigenvalue weighted by Crippen LogP contribution is 2.26. The molecule has 1 atom stereocenters. The van der Waals surface area contributed by atoms with E-state index in [-0.39, 0.29) is 5.41 Å². The highest BCUT2D eigenvalue weighted by molar-refractivity contribution is 4.91. The Balaban J connectivity index is 1.91. The Labute approximate surface area is 96.6 Å². The van der Waals surface area contributed by atoms with Gasteiger partial charge in [0.1, 0.15) is 0 Å². The Morgan fingerprint density at radius 3 is 2.75 bits per heavy atom. The first kappa shape index (κ1) is 11.5. The molecule has 5 nitrogen and oxygen atoms in total. The minimum Gasteiger partial charge on any atom is -0.313 e. The second-order valence-electron chi connectivity index (χ2n) is 5.19. The molecule has 2 rings (SSSR count). The monoisotopic (exact) mass is 223 g/mol. The number of aryl methyl sites for hydroxylation is 1. The van der Waals surface area contributed by atoms with E-state index in [2.05, 4.69) is 34.6 Å². The molecule has 1 N–H and O–H groups in total. The number of nitrogens with zero attached hydrogens (tertiary/aromatic N) is 4. The highest BCUT2D eigenvalue weighted by atomic mass is 15.6. The van der Waals surface area contributed by atoms with Gasteiger partial charge in [0.2, 0.25) is 0 Å². The molecule has 1 aliphatic carbocycles. The van der Waals surface area contributed by atoms with Crippen LogP contribution in [0, 0.1) is 5.41 Å². The van der Waals surface area contributed by atoms with Crippen molar-refractivity contribution in [1.29, 1.82) is 0 Å². The zero-order valence-electron chi connectivity index (χ0n) is 10.4. The molecule has 90 valence electrons. The summed E-state index contributed by atoms with van der Waals surface area (Å²) in [6, 6.07) is 0.765. The number of aromatic nitrogens is 4. The van der Waals surface area contributed by atoms with E-state index >= 15 is 0 Å². The maximum Gasteiger partial charge on any atom is 0.175 e. The van der Waals surface area contributed by atoms with Gasteiger partial charge in [-0.3, -0.25) is 0 Å². The van der Waals surface area contributed by atoms with Crippen LogP contribution in [0.15, 0.2) is 0 Å². The van der Waals surface area contributed by atoms with Crippen molar-refractivity contribution < 1.29 is 0 Å². The van der Waals surface area contributed by atoms with Crippen molar-refractivity contribution in [3.8, 4) is 0 Å². The van der Waals surface area contributed by atoms with E-state index in [0.717, 1.165) is 31.3 Å². The fourth-order valence-corrected chi connectivity index (χ4v) is 1.77. The van der Waals surface area contributed by atoms with Crippen molar-refractivity contribution in [2.24, 2.45) is 12.5 Å². The van der Waals surface area contributed by atoms with Crippen LogP contribution in [0.4, 0.5) is 0 Å². The lowest BCUT2D eigenvalue weighted by atomic mass is 9.83. The second kappa shape index (κ2) is 4.49. The molecule has 1 fully saturated rings. The van der Waals surface area contributed by atoms with Gasteiger partial charge in [-0.25, -0.2) is 0 Å². The Kier molecular flexibility index (Phi) is 3.23. The minimum atomic E-state index is 0.242. The number of nitrogens with one attached hydrogen (secondary N) is 1. The molecule has 1 aromatic heterocycles. The minimum absolute atomic E-state index is 0.242. The molecule has 1 unspecified atom stereocenters. The van der Waals surface area contributed by atoms with Crippen LogP contribution < -0.4 is 5.32 Å². The second-order valence-corrected chi connectivity index (χ2v) is 5.19. The highest BCUT2D eigenvalue weighted by Gasteiger charge is 2.28. The van der Waals surface area contributed by atoms with Crippen LogP contribution in [0.2, 0.25) is 0 Å². The number of hydrogen-bond acceptors (Lipinski definition) is 4. The van der Waals surface area contributed by atoms with E-state index in [1.165, 1.54) is 17.6 Å². The molecule has 0 saturated heterocycles. The van der Waals surface area contributed by atoms with Gasteiger partial charge < -0.3 is 5.32 Å². The Bertz CT molecular complexity index is 344. The summed E-state index contributed by atoms with van der Waals surface area (Å²) in [5.74, 6) is 0.851. The third-order valence-electron chi connectivity index (χ3n) is 3.38. The van der Waals surface area contributed by atoms with Crippen molar-refractivity contribution in [2.75, 3.05) is 6.54 Å². The number of rotatable bonds is 6. The maximum atomic E-state index is 4.25. The topological polar surface area (TPSA) is 55.6 Å². The molecule has 1 aromatic rings. The van der Waals surface area contributed by atoms with Gasteiger partial charge in [-0.05, 0) is 29.9 Å². The smallest absolute Gasteiger partial charge is 0.175 e. The number of tetrazole rings is 1. The van der Waals surface area contributed by atoms with Gasteiger partial charge in [0, 0.05) is 19.0 Å². The summed E-state index contributed by atoms with van der Waals surface area (Å²) in [4.78, 5) is 1.53. The lowest BCUT2D eigenvalue weighted by Gasteiger charge is -2.27. The van der Waals surface area contributed by atoms with Crippen molar-refractivity contribution in [3.63, 3.8) is 0 Å². The van der Waals surface area contributed by atoms with Crippen LogP contribution in [0.3, 0.4) is 0 Å². The number of hydrogen-bond donors (Lipinski definition) is 1. The van der Waals surface area contributed by atoms with Crippen LogP contribution in [0.25, 0.3) is 0 Å². The molecule has 0 amide bonds. The predicted octanol–water partition coefficient (Wildman–Crippen LogP) is 0.921. The van der Waals surface area contributed by atoms with Gasteiger partial charge in [-0.1, -0.05) is 13.8 Å². The van der Waals surface area contributed by atoms with Crippen LogP contribution in [-0.4, -0.2) is 32.8 Å². The first-order valence-corrected chi connectivity index (χ1v) is 6.07. The Morgan fingerprint density at radius 2 is 2.25 bits per heavy atom. The fraction of sp³-hybridized carbons (Fsp3) is 0.909. The summed E-state index contributed by atoms with van der Waals surface area (Å²) in [6.07, 6.45) is 4.70. The molecule has 1 saturated carbocycles. The third-order valence-corrected chi connectivity index (χ3v) is 3.38. The Morgan fingerprint density at radius 1 is 1.50 bits per heavy atom. The van der Waals surface area contributed by atoms with E-state index in [1.54, 1.807) is 0 Å². The standard InChI is InChI=1S/C11H21N5/c1-4-11(2,8-12-9-5-6-9)7-10-13-15-16(3)14-10/h9,12H,4-8H2,1-3H3. The normalized spacial score (nSPS) is 19.7. The van der Waals surface area contributed by atoms with E-state index in [0.29, 0.717) is 0 Å². The maximum absolute atomic E-state index is 4.25. The molecule has 16 heavy (non-hydrogen) atoms. The van der Waals surface area contributed by atoms with E-state index in [9.17, 15) is 0 Å². The quantitative estimate of drug-likeness (QED) is 0.779. The average Bonchev–Trinajstić information content (AvgIpc) is 3.01. The lowest BCUT2D eigenvalue weighted by Crippen LogP contribution is -2.34. The Hall–Kier alpha value is -0.970. The molecule has 1 aliphatic rings. The van der Waals surface area contributed by atoms with Crippen molar-refractivity contribution in [3.05, 3.63) is 5.82 Å². The molecule has 0 radical (unpaired) electrons. The van der Waals surface area contributed by atoms with Crippen LogP contribution >= 0.6 is 0 Å². The van der Waals surface area contributed by atoms with Gasteiger partial charge in [0.15, 0.2) is 5.82 Å². The summed E-state index contributed by atoms with van der Waals surface area (Å²) in [6.45, 7) is 5.57.